The summed E-state index contributed by atoms with van der Waals surface area (Å²) < 4.78 is 62.8. The Balaban J connectivity index is 2.34. The smallest absolute Gasteiger partial charge is 0.264 e. The Morgan fingerprint density at radius 3 is 2.10 bits per heavy atom. The average molecular weight is 322 g/mol. The third-order valence-electron chi connectivity index (χ3n) is 2.66. The lowest BCUT2D eigenvalue weighted by Gasteiger charge is -2.40. The minimum atomic E-state index is -9.62. The Hall–Kier alpha value is -1.96. The molecule has 2 nitrogen and oxygen atoms in total. The van der Waals surface area contributed by atoms with Crippen LogP contribution in [0.15, 0.2) is 58.7 Å². The molecular weight excluding hydrogens is 311 g/mol. The molecule has 0 radical (unpaired) electrons. The summed E-state index contributed by atoms with van der Waals surface area (Å²) >= 11 is 0. The van der Waals surface area contributed by atoms with Crippen LogP contribution in [-0.4, -0.2) is 10.7 Å². The maximum absolute atomic E-state index is 12.6. The molecule has 0 bridgehead atoms. The van der Waals surface area contributed by atoms with E-state index in [1.54, 1.807) is 31.5 Å². The maximum Gasteiger partial charge on any atom is 0.310 e. The van der Waals surface area contributed by atoms with Crippen LogP contribution in [0, 0.1) is 0 Å². The molecule has 0 fully saturated rings. The predicted octanol–water partition coefficient (Wildman–Crippen LogP) is 5.88. The molecule has 0 spiro atoms. The molecule has 1 aromatic carbocycles. The topological polar surface area (TPSA) is 25.2 Å². The number of aliphatic imine (C=N–C) groups is 1. The number of halogens is 5. The molecule has 114 valence electrons. The van der Waals surface area contributed by atoms with Crippen LogP contribution in [0.1, 0.15) is 12.5 Å². The van der Waals surface area contributed by atoms with Crippen molar-refractivity contribution < 1.29 is 19.4 Å². The van der Waals surface area contributed by atoms with Gasteiger partial charge >= 0.3 is 10.2 Å². The fourth-order valence-corrected chi connectivity index (χ4v) is 2.26. The lowest BCUT2D eigenvalue weighted by molar-refractivity contribution is 0.364. The molecule has 2 rings (SSSR count). The first-order chi connectivity index (χ1) is 9.45. The molecule has 2 aromatic rings. The van der Waals surface area contributed by atoms with E-state index in [1.807, 2.05) is 0 Å². The maximum atomic E-state index is 12.6. The van der Waals surface area contributed by atoms with Crippen molar-refractivity contribution in [2.24, 2.45) is 4.99 Å². The second-order valence-electron chi connectivity index (χ2n) is 4.40. The van der Waals surface area contributed by atoms with E-state index in [0.717, 1.165) is 12.1 Å². The molecule has 0 aliphatic heterocycles. The van der Waals surface area contributed by atoms with Gasteiger partial charge in [-0.3, -0.25) is 9.98 Å². The highest BCUT2D eigenvalue weighted by atomic mass is 32.5. The number of pyridine rings is 1. The summed E-state index contributed by atoms with van der Waals surface area (Å²) in [5, 5.41) is 0. The zero-order valence-electron chi connectivity index (χ0n) is 10.8. The Bertz CT molecular complexity index is 678. The fraction of sp³-hybridized carbons (Fsp3) is 0.0769. The zero-order chi connectivity index (χ0) is 15.8. The molecule has 0 saturated carbocycles. The van der Waals surface area contributed by atoms with E-state index < -0.39 is 15.1 Å². The van der Waals surface area contributed by atoms with Gasteiger partial charge in [0.25, 0.3) is 0 Å². The third-order valence-corrected chi connectivity index (χ3v) is 3.82. The third kappa shape index (κ3) is 4.01. The first-order valence-corrected chi connectivity index (χ1v) is 7.71. The molecule has 0 unspecified atom stereocenters. The number of rotatable bonds is 3. The number of hydrogen-bond acceptors (Lipinski definition) is 2. The highest BCUT2D eigenvalue weighted by Crippen LogP contribution is 3.02. The highest BCUT2D eigenvalue weighted by molar-refractivity contribution is 8.45. The summed E-state index contributed by atoms with van der Waals surface area (Å²) in [5.41, 5.74) is 1.36. The molecule has 8 heteroatoms. The Morgan fingerprint density at radius 1 is 1.00 bits per heavy atom. The molecule has 1 aromatic heterocycles. The van der Waals surface area contributed by atoms with Crippen molar-refractivity contribution in [3.05, 3.63) is 54.4 Å². The van der Waals surface area contributed by atoms with E-state index >= 15 is 0 Å². The summed E-state index contributed by atoms with van der Waals surface area (Å²) in [7, 11) is -9.62. The summed E-state index contributed by atoms with van der Waals surface area (Å²) in [6.07, 6.45) is 3.11. The van der Waals surface area contributed by atoms with Crippen molar-refractivity contribution >= 4 is 21.6 Å². The van der Waals surface area contributed by atoms with Crippen LogP contribution < -0.4 is 0 Å². The largest absolute Gasteiger partial charge is 0.310 e. The Labute approximate surface area is 118 Å². The highest BCUT2D eigenvalue weighted by Gasteiger charge is 2.65. The van der Waals surface area contributed by atoms with Crippen molar-refractivity contribution in [2.75, 3.05) is 0 Å². The van der Waals surface area contributed by atoms with Crippen molar-refractivity contribution in [2.45, 2.75) is 11.8 Å². The molecule has 1 heterocycles. The van der Waals surface area contributed by atoms with Gasteiger partial charge < -0.3 is 0 Å². The van der Waals surface area contributed by atoms with Gasteiger partial charge in [-0.15, -0.1) is 0 Å². The monoisotopic (exact) mass is 322 g/mol. The van der Waals surface area contributed by atoms with Gasteiger partial charge in [-0.2, -0.15) is 0 Å². The molecule has 0 N–H and O–H groups in total. The van der Waals surface area contributed by atoms with Gasteiger partial charge in [-0.25, -0.2) is 0 Å². The van der Waals surface area contributed by atoms with E-state index in [0.29, 0.717) is 23.4 Å². The lowest BCUT2D eigenvalue weighted by Crippen LogP contribution is -2.05. The molecular formula is C13H11F5N2S. The minimum absolute atomic E-state index is 0.155. The molecule has 0 atom stereocenters. The first kappa shape index (κ1) is 15.4. The van der Waals surface area contributed by atoms with Crippen LogP contribution >= 0.6 is 10.2 Å². The second-order valence-corrected chi connectivity index (χ2v) is 6.81. The minimum Gasteiger partial charge on any atom is -0.264 e. The van der Waals surface area contributed by atoms with Crippen molar-refractivity contribution in [3.63, 3.8) is 0 Å². The Morgan fingerprint density at radius 2 is 1.62 bits per heavy atom. The predicted molar refractivity (Wildman–Crippen MR) is 73.9 cm³/mol. The Kier molecular flexibility index (Phi) is 3.13. The molecule has 0 amide bonds. The summed E-state index contributed by atoms with van der Waals surface area (Å²) in [6.45, 7) is 1.65. The van der Waals surface area contributed by atoms with Gasteiger partial charge in [0.1, 0.15) is 4.90 Å². The number of nitrogens with zero attached hydrogens (tertiary/aromatic N) is 2. The van der Waals surface area contributed by atoms with Gasteiger partial charge in [0.05, 0.1) is 5.69 Å². The van der Waals surface area contributed by atoms with E-state index in [2.05, 4.69) is 9.98 Å². The summed E-state index contributed by atoms with van der Waals surface area (Å²) in [6, 6.07) is 5.93. The van der Waals surface area contributed by atoms with Crippen molar-refractivity contribution in [1.29, 1.82) is 0 Å². The van der Waals surface area contributed by atoms with Crippen LogP contribution in [0.4, 0.5) is 25.1 Å². The fourth-order valence-electron chi connectivity index (χ4n) is 1.61. The van der Waals surface area contributed by atoms with Crippen LogP contribution in [0.3, 0.4) is 0 Å². The quantitative estimate of drug-likeness (QED) is 0.512. The number of aromatic nitrogens is 1. The van der Waals surface area contributed by atoms with E-state index in [4.69, 9.17) is 0 Å². The van der Waals surface area contributed by atoms with Gasteiger partial charge in [-0.05, 0) is 37.3 Å². The molecule has 0 aliphatic rings. The normalized spacial score (nSPS) is 16.2. The van der Waals surface area contributed by atoms with Crippen LogP contribution in [0.25, 0.3) is 0 Å². The number of hydrogen-bond donors (Lipinski definition) is 0. The van der Waals surface area contributed by atoms with Crippen LogP contribution in [0.5, 0.6) is 0 Å². The standard InChI is InChI=1S/C13H11F5N2S/c1-10(11-3-2-8-19-9-11)20-12-4-6-13(7-5-12)21(14,15,16,17)18/h2-9H,1H3/b20-10+. The van der Waals surface area contributed by atoms with Gasteiger partial charge in [0, 0.05) is 23.7 Å². The van der Waals surface area contributed by atoms with Crippen molar-refractivity contribution in [3.8, 4) is 0 Å². The molecule has 0 saturated heterocycles. The number of benzene rings is 1. The van der Waals surface area contributed by atoms with E-state index in [9.17, 15) is 19.4 Å². The first-order valence-electron chi connectivity index (χ1n) is 5.75. The molecule has 0 aliphatic carbocycles. The van der Waals surface area contributed by atoms with Crippen LogP contribution in [-0.2, 0) is 0 Å². The SMILES string of the molecule is C/C(=N\c1ccc(S(F)(F)(F)(F)F)cc1)c1cccnc1. The average Bonchev–Trinajstić information content (AvgIpc) is 2.37. The zero-order valence-corrected chi connectivity index (χ0v) is 11.6. The lowest BCUT2D eigenvalue weighted by atomic mass is 10.2. The van der Waals surface area contributed by atoms with Gasteiger partial charge in [0.2, 0.25) is 0 Å². The van der Waals surface area contributed by atoms with Gasteiger partial charge in [0.15, 0.2) is 0 Å². The summed E-state index contributed by atoms with van der Waals surface area (Å²) in [4.78, 5) is 6.04. The van der Waals surface area contributed by atoms with Crippen LogP contribution in [0.2, 0.25) is 0 Å². The summed E-state index contributed by atoms with van der Waals surface area (Å²) in [5.74, 6) is 0. The van der Waals surface area contributed by atoms with Crippen molar-refractivity contribution in [1.82, 2.24) is 4.98 Å². The van der Waals surface area contributed by atoms with Gasteiger partial charge in [-0.1, -0.05) is 25.5 Å². The van der Waals surface area contributed by atoms with E-state index in [-0.39, 0.29) is 5.69 Å². The van der Waals surface area contributed by atoms with E-state index in [1.165, 1.54) is 0 Å². The second kappa shape index (κ2) is 4.27. The molecule has 21 heavy (non-hydrogen) atoms.